The summed E-state index contributed by atoms with van der Waals surface area (Å²) in [7, 11) is 0. The van der Waals surface area contributed by atoms with Crippen LogP contribution >= 0.6 is 11.3 Å². The van der Waals surface area contributed by atoms with Gasteiger partial charge in [-0.3, -0.25) is 13.9 Å². The zero-order valence-electron chi connectivity index (χ0n) is 18.5. The number of hydrogen-bond donors (Lipinski definition) is 1. The number of nitrogens with zero attached hydrogens (tertiary/aromatic N) is 5. The summed E-state index contributed by atoms with van der Waals surface area (Å²) < 4.78 is 10.1. The fraction of sp³-hybridized carbons (Fsp3) is 0.455. The monoisotopic (exact) mass is 457 g/mol. The Kier molecular flexibility index (Phi) is 6.43. The molecule has 0 aromatic carbocycles. The van der Waals surface area contributed by atoms with Crippen molar-refractivity contribution in [3.63, 3.8) is 0 Å². The number of aryl methyl sites for hydroxylation is 3. The maximum absolute atomic E-state index is 13.4. The molecule has 0 radical (unpaired) electrons. The summed E-state index contributed by atoms with van der Waals surface area (Å²) in [6.07, 6.45) is 2.44. The molecule has 0 spiro atoms. The van der Waals surface area contributed by atoms with Gasteiger partial charge in [0.2, 0.25) is 0 Å². The topological polar surface area (TPSA) is 108 Å². The highest BCUT2D eigenvalue weighted by molar-refractivity contribution is 7.13. The number of fused-ring (bicyclic) bond motifs is 1. The molecule has 0 bridgehead atoms. The highest BCUT2D eigenvalue weighted by Gasteiger charge is 2.21. The molecule has 0 aliphatic rings. The molecule has 4 aromatic rings. The molecule has 0 aliphatic carbocycles. The van der Waals surface area contributed by atoms with E-state index >= 15 is 0 Å². The van der Waals surface area contributed by atoms with Crippen molar-refractivity contribution in [2.24, 2.45) is 0 Å². The molecule has 10 heteroatoms. The van der Waals surface area contributed by atoms with Gasteiger partial charge >= 0.3 is 5.69 Å². The summed E-state index contributed by atoms with van der Waals surface area (Å²) >= 11 is 1.41. The molecule has 4 aromatic heterocycles. The van der Waals surface area contributed by atoms with Gasteiger partial charge in [0.1, 0.15) is 18.2 Å². The van der Waals surface area contributed by atoms with Crippen LogP contribution in [0.4, 0.5) is 0 Å². The average Bonchev–Trinajstić information content (AvgIpc) is 3.50. The zero-order valence-corrected chi connectivity index (χ0v) is 19.3. The summed E-state index contributed by atoms with van der Waals surface area (Å²) in [6.45, 7) is 6.65. The van der Waals surface area contributed by atoms with Crippen LogP contribution in [-0.2, 0) is 26.2 Å². The zero-order chi connectivity index (χ0) is 22.8. The lowest BCUT2D eigenvalue weighted by molar-refractivity contribution is 0.265. The van der Waals surface area contributed by atoms with Crippen LogP contribution in [0, 0.1) is 6.92 Å². The van der Waals surface area contributed by atoms with E-state index in [9.17, 15) is 14.7 Å². The summed E-state index contributed by atoms with van der Waals surface area (Å²) in [5.74, 6) is 1.85. The van der Waals surface area contributed by atoms with Crippen LogP contribution in [0.2, 0.25) is 0 Å². The summed E-state index contributed by atoms with van der Waals surface area (Å²) in [4.78, 5) is 35.8. The molecule has 0 fully saturated rings. The average molecular weight is 458 g/mol. The predicted octanol–water partition coefficient (Wildman–Crippen LogP) is 3.14. The normalized spacial score (nSPS) is 11.6. The molecule has 9 nitrogen and oxygen atoms in total. The molecule has 0 unspecified atom stereocenters. The summed E-state index contributed by atoms with van der Waals surface area (Å²) in [6, 6.07) is 3.72. The van der Waals surface area contributed by atoms with Crippen molar-refractivity contribution >= 4 is 22.5 Å². The van der Waals surface area contributed by atoms with E-state index in [1.54, 1.807) is 9.13 Å². The van der Waals surface area contributed by atoms with E-state index < -0.39 is 11.2 Å². The first-order valence-corrected chi connectivity index (χ1v) is 11.7. The highest BCUT2D eigenvalue weighted by atomic mass is 32.1. The fourth-order valence-corrected chi connectivity index (χ4v) is 4.55. The SMILES string of the molecule is CCCCn1c(=O)n(Cc2csc(-c3ccc(C)o3)n2)c(=O)c2c1nc(CO)n2CCC. The molecule has 0 aliphatic heterocycles. The molecular weight excluding hydrogens is 430 g/mol. The van der Waals surface area contributed by atoms with E-state index in [0.29, 0.717) is 46.5 Å². The minimum atomic E-state index is -0.415. The van der Waals surface area contributed by atoms with Crippen molar-refractivity contribution in [3.8, 4) is 10.8 Å². The van der Waals surface area contributed by atoms with E-state index in [4.69, 9.17) is 4.42 Å². The van der Waals surface area contributed by atoms with Crippen LogP contribution in [0.1, 0.15) is 50.4 Å². The van der Waals surface area contributed by atoms with Crippen molar-refractivity contribution in [1.29, 1.82) is 0 Å². The van der Waals surface area contributed by atoms with Crippen molar-refractivity contribution in [3.05, 3.63) is 55.6 Å². The maximum Gasteiger partial charge on any atom is 0.333 e. The lowest BCUT2D eigenvalue weighted by Gasteiger charge is -2.12. The van der Waals surface area contributed by atoms with E-state index in [2.05, 4.69) is 9.97 Å². The summed E-state index contributed by atoms with van der Waals surface area (Å²) in [5.41, 5.74) is 0.478. The fourth-order valence-electron chi connectivity index (χ4n) is 3.78. The van der Waals surface area contributed by atoms with Crippen LogP contribution in [-0.4, -0.2) is 28.8 Å². The van der Waals surface area contributed by atoms with Crippen LogP contribution in [0.25, 0.3) is 21.9 Å². The van der Waals surface area contributed by atoms with Crippen molar-refractivity contribution in [1.82, 2.24) is 23.7 Å². The van der Waals surface area contributed by atoms with Gasteiger partial charge in [0.25, 0.3) is 5.56 Å². The van der Waals surface area contributed by atoms with E-state index in [1.165, 1.54) is 15.9 Å². The molecule has 0 saturated heterocycles. The smallest absolute Gasteiger partial charge is 0.333 e. The van der Waals surface area contributed by atoms with E-state index in [-0.39, 0.29) is 13.2 Å². The van der Waals surface area contributed by atoms with Gasteiger partial charge in [0.05, 0.1) is 12.2 Å². The Morgan fingerprint density at radius 3 is 2.53 bits per heavy atom. The van der Waals surface area contributed by atoms with Gasteiger partial charge in [-0.2, -0.15) is 0 Å². The molecular formula is C22H27N5O4S. The van der Waals surface area contributed by atoms with Gasteiger partial charge < -0.3 is 14.1 Å². The Morgan fingerprint density at radius 2 is 1.88 bits per heavy atom. The Hall–Kier alpha value is -2.98. The predicted molar refractivity (Wildman–Crippen MR) is 123 cm³/mol. The van der Waals surface area contributed by atoms with Crippen LogP contribution < -0.4 is 11.2 Å². The number of aliphatic hydroxyl groups is 1. The van der Waals surface area contributed by atoms with Crippen LogP contribution in [0.5, 0.6) is 0 Å². The Morgan fingerprint density at radius 1 is 1.06 bits per heavy atom. The minimum Gasteiger partial charge on any atom is -0.459 e. The van der Waals surface area contributed by atoms with Crippen molar-refractivity contribution < 1.29 is 9.52 Å². The minimum absolute atomic E-state index is 0.0572. The Bertz CT molecular complexity index is 1360. The van der Waals surface area contributed by atoms with Gasteiger partial charge in [-0.25, -0.2) is 14.8 Å². The van der Waals surface area contributed by atoms with Gasteiger partial charge in [-0.15, -0.1) is 11.3 Å². The second kappa shape index (κ2) is 9.25. The number of thiazole rings is 1. The van der Waals surface area contributed by atoms with Crippen molar-refractivity contribution in [2.45, 2.75) is 66.3 Å². The summed E-state index contributed by atoms with van der Waals surface area (Å²) in [5, 5.41) is 12.3. The Labute approximate surface area is 188 Å². The lowest BCUT2D eigenvalue weighted by atomic mass is 10.3. The number of aliphatic hydroxyl groups excluding tert-OH is 1. The number of rotatable bonds is 9. The lowest BCUT2D eigenvalue weighted by Crippen LogP contribution is -2.41. The van der Waals surface area contributed by atoms with E-state index in [1.807, 2.05) is 38.3 Å². The molecule has 0 saturated carbocycles. The van der Waals surface area contributed by atoms with Crippen LogP contribution in [0.15, 0.2) is 31.5 Å². The first-order chi connectivity index (χ1) is 15.5. The largest absolute Gasteiger partial charge is 0.459 e. The Balaban J connectivity index is 1.85. The maximum atomic E-state index is 13.4. The third-order valence-electron chi connectivity index (χ3n) is 5.34. The standard InChI is InChI=1S/C22H27N5O4S/c1-4-6-10-26-19-18(25(9-5-2)17(12-28)24-19)21(29)27(22(26)30)11-15-13-32-20(23-15)16-8-7-14(3)31-16/h7-8,13,28H,4-6,9-12H2,1-3H3. The third kappa shape index (κ3) is 3.95. The first-order valence-electron chi connectivity index (χ1n) is 10.8. The van der Waals surface area contributed by atoms with E-state index in [0.717, 1.165) is 25.0 Å². The second-order valence-corrected chi connectivity index (χ2v) is 8.60. The van der Waals surface area contributed by atoms with Crippen molar-refractivity contribution in [2.75, 3.05) is 0 Å². The van der Waals surface area contributed by atoms with Crippen LogP contribution in [0.3, 0.4) is 0 Å². The number of imidazole rings is 1. The molecule has 0 amide bonds. The molecule has 4 heterocycles. The highest BCUT2D eigenvalue weighted by Crippen LogP contribution is 2.25. The van der Waals surface area contributed by atoms with Gasteiger partial charge in [0, 0.05) is 18.5 Å². The molecule has 32 heavy (non-hydrogen) atoms. The molecule has 1 N–H and O–H groups in total. The molecule has 4 rings (SSSR count). The molecule has 170 valence electrons. The van der Waals surface area contributed by atoms with Gasteiger partial charge in [-0.1, -0.05) is 20.3 Å². The van der Waals surface area contributed by atoms with Gasteiger partial charge in [-0.05, 0) is 31.9 Å². The quantitative estimate of drug-likeness (QED) is 0.414. The van der Waals surface area contributed by atoms with Gasteiger partial charge in [0.15, 0.2) is 21.9 Å². The molecule has 0 atom stereocenters. The second-order valence-electron chi connectivity index (χ2n) is 7.74. The number of hydrogen-bond acceptors (Lipinski definition) is 7. The number of aromatic nitrogens is 5. The number of unbranched alkanes of at least 4 members (excludes halogenated alkanes) is 1. The first kappa shape index (κ1) is 22.2. The third-order valence-corrected chi connectivity index (χ3v) is 6.25. The number of furan rings is 1.